The Balaban J connectivity index is 1.52. The molecule has 4 rings (SSSR count). The summed E-state index contributed by atoms with van der Waals surface area (Å²) in [5.41, 5.74) is 9.61. The van der Waals surface area contributed by atoms with E-state index in [-0.39, 0.29) is 17.4 Å². The van der Waals surface area contributed by atoms with Crippen molar-refractivity contribution in [2.45, 2.75) is 27.7 Å². The summed E-state index contributed by atoms with van der Waals surface area (Å²) in [6.45, 7) is 11.7. The number of aromatic hydroxyl groups is 2. The predicted molar refractivity (Wildman–Crippen MR) is 178 cm³/mol. The molecule has 4 aromatic rings. The molecule has 0 amide bonds. The zero-order valence-electron chi connectivity index (χ0n) is 25.0. The van der Waals surface area contributed by atoms with Crippen molar-refractivity contribution in [2.75, 3.05) is 52.1 Å². The number of nitrogens with zero attached hydrogens (tertiary/aromatic N) is 6. The first-order chi connectivity index (χ1) is 20.9. The third-order valence-electron chi connectivity index (χ3n) is 6.81. The third kappa shape index (κ3) is 8.35. The Labute approximate surface area is 252 Å². The number of anilines is 6. The Kier molecular flexibility index (Phi) is 10.7. The van der Waals surface area contributed by atoms with E-state index in [2.05, 4.69) is 73.8 Å². The Morgan fingerprint density at radius 1 is 0.651 bits per heavy atom. The Morgan fingerprint density at radius 3 is 1.67 bits per heavy atom. The lowest BCUT2D eigenvalue weighted by Gasteiger charge is -2.21. The van der Waals surface area contributed by atoms with Crippen LogP contribution in [0.25, 0.3) is 0 Å². The summed E-state index contributed by atoms with van der Waals surface area (Å²) < 4.78 is 0. The fourth-order valence-electron chi connectivity index (χ4n) is 4.47. The van der Waals surface area contributed by atoms with Gasteiger partial charge in [0.2, 0.25) is 5.95 Å². The van der Waals surface area contributed by atoms with Crippen molar-refractivity contribution in [1.29, 1.82) is 0 Å². The zero-order valence-corrected chi connectivity index (χ0v) is 25.0. The minimum Gasteiger partial charge on any atom is -0.507 e. The van der Waals surface area contributed by atoms with Crippen LogP contribution in [0, 0.1) is 0 Å². The smallest absolute Gasteiger partial charge is 0.247 e. The molecule has 43 heavy (non-hydrogen) atoms. The Hall–Kier alpha value is -5.32. The average Bonchev–Trinajstić information content (AvgIpc) is 3.01. The van der Waals surface area contributed by atoms with E-state index in [9.17, 15) is 10.2 Å². The second kappa shape index (κ2) is 15.1. The third-order valence-corrected chi connectivity index (χ3v) is 6.81. The van der Waals surface area contributed by atoms with Crippen molar-refractivity contribution in [2.24, 2.45) is 10.2 Å². The summed E-state index contributed by atoms with van der Waals surface area (Å²) in [5, 5.41) is 32.8. The van der Waals surface area contributed by atoms with Crippen LogP contribution < -0.4 is 26.0 Å². The first-order valence-electron chi connectivity index (χ1n) is 14.4. The molecule has 11 heteroatoms. The van der Waals surface area contributed by atoms with Gasteiger partial charge < -0.3 is 25.3 Å². The van der Waals surface area contributed by atoms with Gasteiger partial charge in [-0.25, -0.2) is 5.43 Å². The van der Waals surface area contributed by atoms with Crippen molar-refractivity contribution in [3.63, 3.8) is 0 Å². The van der Waals surface area contributed by atoms with Gasteiger partial charge in [-0.2, -0.15) is 20.2 Å². The molecule has 0 fully saturated rings. The lowest BCUT2D eigenvalue weighted by molar-refractivity contribution is 0.474. The highest BCUT2D eigenvalue weighted by Crippen LogP contribution is 2.25. The van der Waals surface area contributed by atoms with Gasteiger partial charge in [0.25, 0.3) is 0 Å². The summed E-state index contributed by atoms with van der Waals surface area (Å²) in [5.74, 6) is 1.37. The molecule has 0 aliphatic rings. The van der Waals surface area contributed by atoms with E-state index < -0.39 is 0 Å². The monoisotopic (exact) mass is 581 g/mol. The Bertz CT molecular complexity index is 1440. The maximum atomic E-state index is 10.5. The minimum absolute atomic E-state index is 0.125. The molecule has 1 aromatic heterocycles. The molecular weight excluding hydrogens is 542 g/mol. The molecule has 0 atom stereocenters. The van der Waals surface area contributed by atoms with Gasteiger partial charge in [-0.1, -0.05) is 18.2 Å². The van der Waals surface area contributed by atoms with Crippen molar-refractivity contribution < 1.29 is 10.2 Å². The first kappa shape index (κ1) is 30.6. The summed E-state index contributed by atoms with van der Waals surface area (Å²) in [7, 11) is 0. The second-order valence-corrected chi connectivity index (χ2v) is 9.52. The molecular formula is C32H39N9O2. The fraction of sp³-hybridized carbons (Fsp3) is 0.250. The highest BCUT2D eigenvalue weighted by Gasteiger charge is 2.08. The van der Waals surface area contributed by atoms with Gasteiger partial charge >= 0.3 is 0 Å². The zero-order chi connectivity index (χ0) is 30.6. The van der Waals surface area contributed by atoms with E-state index >= 15 is 0 Å². The minimum atomic E-state index is 0.125. The van der Waals surface area contributed by atoms with Crippen molar-refractivity contribution in [1.82, 2.24) is 9.97 Å². The van der Waals surface area contributed by atoms with Crippen molar-refractivity contribution in [3.05, 3.63) is 83.9 Å². The van der Waals surface area contributed by atoms with Gasteiger partial charge in [0, 0.05) is 72.6 Å². The van der Waals surface area contributed by atoms with E-state index in [1.54, 1.807) is 18.2 Å². The molecule has 1 heterocycles. The highest BCUT2D eigenvalue weighted by molar-refractivity contribution is 5.85. The SMILES string of the molecule is CCN(CC)c1ccc(C=NNc2cc(Nc3ccccc3)nc(NN=Cc3ccc(N(CC)CC)cc3O)n2)c(O)c1. The molecule has 0 radical (unpaired) electrons. The van der Waals surface area contributed by atoms with Crippen molar-refractivity contribution >= 4 is 47.1 Å². The standard InChI is InChI=1S/C32H39N9O2/c1-5-40(6-2)26-16-14-23(28(42)18-26)21-33-38-31-20-30(35-25-12-10-9-11-13-25)36-32(37-31)39-34-22-24-15-17-27(19-29(24)43)41(7-3)8-4/h9-22,42-43H,5-8H2,1-4H3,(H3,35,36,37,38,39). The maximum absolute atomic E-state index is 10.5. The van der Waals surface area contributed by atoms with E-state index in [0.717, 1.165) is 43.2 Å². The number of phenolic OH excluding ortho intramolecular Hbond substituents is 2. The number of nitrogens with one attached hydrogen (secondary N) is 3. The van der Waals surface area contributed by atoms with Crippen LogP contribution >= 0.6 is 0 Å². The second-order valence-electron chi connectivity index (χ2n) is 9.52. The van der Waals surface area contributed by atoms with Crippen LogP contribution in [-0.4, -0.2) is 58.8 Å². The first-order valence-corrected chi connectivity index (χ1v) is 14.4. The number of phenols is 2. The number of hydrogen-bond donors (Lipinski definition) is 5. The van der Waals surface area contributed by atoms with Crippen LogP contribution in [-0.2, 0) is 0 Å². The van der Waals surface area contributed by atoms with Gasteiger partial charge in [0.05, 0.1) is 12.4 Å². The van der Waals surface area contributed by atoms with Crippen LogP contribution in [0.15, 0.2) is 83.0 Å². The Morgan fingerprint density at radius 2 is 1.16 bits per heavy atom. The van der Waals surface area contributed by atoms with Gasteiger partial charge in [0.15, 0.2) is 5.82 Å². The summed E-state index contributed by atoms with van der Waals surface area (Å²) in [6.07, 6.45) is 3.04. The van der Waals surface area contributed by atoms with Crippen LogP contribution in [0.3, 0.4) is 0 Å². The van der Waals surface area contributed by atoms with E-state index in [1.807, 2.05) is 54.6 Å². The predicted octanol–water partition coefficient (Wildman–Crippen LogP) is 6.22. The molecule has 5 N–H and O–H groups in total. The largest absolute Gasteiger partial charge is 0.507 e. The number of benzene rings is 3. The lowest BCUT2D eigenvalue weighted by Crippen LogP contribution is -2.21. The van der Waals surface area contributed by atoms with Crippen LogP contribution in [0.4, 0.5) is 34.6 Å². The highest BCUT2D eigenvalue weighted by atomic mass is 16.3. The summed E-state index contributed by atoms with van der Waals surface area (Å²) in [6, 6.07) is 22.3. The molecule has 224 valence electrons. The number of rotatable bonds is 14. The fourth-order valence-corrected chi connectivity index (χ4v) is 4.47. The topological polar surface area (TPSA) is 134 Å². The molecule has 11 nitrogen and oxygen atoms in total. The van der Waals surface area contributed by atoms with Gasteiger partial charge in [-0.15, -0.1) is 0 Å². The van der Waals surface area contributed by atoms with Gasteiger partial charge in [-0.3, -0.25) is 5.43 Å². The molecule has 0 aliphatic heterocycles. The van der Waals surface area contributed by atoms with Gasteiger partial charge in [0.1, 0.15) is 17.3 Å². The van der Waals surface area contributed by atoms with Crippen LogP contribution in [0.1, 0.15) is 38.8 Å². The maximum Gasteiger partial charge on any atom is 0.247 e. The van der Waals surface area contributed by atoms with Gasteiger partial charge in [-0.05, 0) is 64.1 Å². The number of hydrogen-bond acceptors (Lipinski definition) is 11. The number of hydrazone groups is 2. The molecule has 0 bridgehead atoms. The van der Waals surface area contributed by atoms with Crippen LogP contribution in [0.5, 0.6) is 11.5 Å². The van der Waals surface area contributed by atoms with E-state index in [1.165, 1.54) is 12.4 Å². The molecule has 0 spiro atoms. The molecule has 0 aliphatic carbocycles. The van der Waals surface area contributed by atoms with Crippen LogP contribution in [0.2, 0.25) is 0 Å². The number of aromatic nitrogens is 2. The normalized spacial score (nSPS) is 11.2. The molecule has 0 saturated heterocycles. The summed E-state index contributed by atoms with van der Waals surface area (Å²) >= 11 is 0. The molecule has 0 saturated carbocycles. The van der Waals surface area contributed by atoms with E-state index in [0.29, 0.717) is 22.8 Å². The average molecular weight is 582 g/mol. The van der Waals surface area contributed by atoms with E-state index in [4.69, 9.17) is 0 Å². The number of para-hydroxylation sites is 1. The summed E-state index contributed by atoms with van der Waals surface area (Å²) in [4.78, 5) is 13.3. The molecule has 0 unspecified atom stereocenters. The van der Waals surface area contributed by atoms with Crippen molar-refractivity contribution in [3.8, 4) is 11.5 Å². The quantitative estimate of drug-likeness (QED) is 0.0870. The molecule has 3 aromatic carbocycles. The lowest BCUT2D eigenvalue weighted by atomic mass is 10.2.